The van der Waals surface area contributed by atoms with E-state index >= 15 is 0 Å². The van der Waals surface area contributed by atoms with E-state index in [4.69, 9.17) is 16.3 Å². The van der Waals surface area contributed by atoms with Crippen molar-refractivity contribution in [2.45, 2.75) is 30.4 Å². The zero-order valence-corrected chi connectivity index (χ0v) is 23.8. The number of thiazole rings is 1. The van der Waals surface area contributed by atoms with Gasteiger partial charge >= 0.3 is 11.1 Å². The van der Waals surface area contributed by atoms with E-state index in [1.54, 1.807) is 18.4 Å². The van der Waals surface area contributed by atoms with Crippen molar-refractivity contribution in [3.05, 3.63) is 28.4 Å². The van der Waals surface area contributed by atoms with Crippen molar-refractivity contribution < 1.29 is 28.9 Å². The predicted octanol–water partition coefficient (Wildman–Crippen LogP) is 0.230. The number of nitrogens with zero attached hydrogens (tertiary/aromatic N) is 5. The fourth-order valence-electron chi connectivity index (χ4n) is 3.92. The standard InChI is InChI=1S/C22H27N9O5S3/c1-4-25-13-6-12(23)27-22(30(13)3)39-8-10-7-37-19-15(18(33)31(19)16(10)20(34)35)28-17(32)14(29-36-5-2)11-9-38-21(24)26-11/h6,9,15,19H,4-5,7-8H2,1-3H3,(H6,23,24,25,26,28,32,34,35)/p+1/b29-14-/t15?,19-/m1/s1. The second-order valence-corrected chi connectivity index (χ2v) is 11.2. The maximum absolute atomic E-state index is 13.1. The summed E-state index contributed by atoms with van der Waals surface area (Å²) in [5, 5.41) is 21.5. The quantitative estimate of drug-likeness (QED) is 0.0593. The minimum absolute atomic E-state index is 0.0873. The topological polar surface area (TPSA) is 202 Å². The number of nitrogens with two attached hydrogens (primary N) is 2. The molecule has 7 N–H and O–H groups in total. The number of aromatic nitrogens is 3. The van der Waals surface area contributed by atoms with Gasteiger partial charge in [0.15, 0.2) is 10.8 Å². The normalized spacial score (nSPS) is 18.9. The molecule has 0 aromatic carbocycles. The Labute approximate surface area is 236 Å². The summed E-state index contributed by atoms with van der Waals surface area (Å²) in [6.07, 6.45) is 0. The Morgan fingerprint density at radius 3 is 2.77 bits per heavy atom. The summed E-state index contributed by atoms with van der Waals surface area (Å²) < 4.78 is 1.84. The van der Waals surface area contributed by atoms with Gasteiger partial charge in [-0.05, 0) is 31.2 Å². The van der Waals surface area contributed by atoms with Gasteiger partial charge in [-0.2, -0.15) is 0 Å². The van der Waals surface area contributed by atoms with Crippen LogP contribution in [0.25, 0.3) is 0 Å². The first-order chi connectivity index (χ1) is 18.7. The average molecular weight is 595 g/mol. The molecule has 4 rings (SSSR count). The maximum Gasteiger partial charge on any atom is 0.352 e. The molecule has 2 aliphatic rings. The largest absolute Gasteiger partial charge is 0.477 e. The van der Waals surface area contributed by atoms with Crippen LogP contribution in [0.4, 0.5) is 16.8 Å². The monoisotopic (exact) mass is 594 g/mol. The summed E-state index contributed by atoms with van der Waals surface area (Å²) in [7, 11) is 1.83. The zero-order chi connectivity index (χ0) is 28.3. The van der Waals surface area contributed by atoms with Gasteiger partial charge in [-0.25, -0.2) is 14.3 Å². The van der Waals surface area contributed by atoms with Crippen LogP contribution < -0.4 is 26.7 Å². The molecule has 2 amide bonds. The number of oxime groups is 1. The molecule has 0 spiro atoms. The van der Waals surface area contributed by atoms with E-state index in [1.165, 1.54) is 28.4 Å². The van der Waals surface area contributed by atoms with Gasteiger partial charge in [0.2, 0.25) is 11.6 Å². The molecule has 0 saturated carbocycles. The molecule has 1 fully saturated rings. The number of amides is 2. The number of carboxylic acid groups (broad SMARTS) is 1. The fraction of sp³-hybridized carbons (Fsp3) is 0.409. The number of hydrogen-bond donors (Lipinski definition) is 5. The maximum atomic E-state index is 13.1. The number of anilines is 3. The van der Waals surface area contributed by atoms with E-state index in [2.05, 4.69) is 25.8 Å². The molecule has 1 saturated heterocycles. The van der Waals surface area contributed by atoms with Crippen LogP contribution >= 0.6 is 34.9 Å². The molecule has 2 aromatic rings. The molecule has 0 aliphatic carbocycles. The molecular formula is C22H28N9O5S3+. The average Bonchev–Trinajstić information content (AvgIpc) is 3.33. The molecule has 39 heavy (non-hydrogen) atoms. The summed E-state index contributed by atoms with van der Waals surface area (Å²) in [5.74, 6) is -0.673. The SMILES string of the molecule is CCNc1cc(N)nc(SCC2=C(C(=O)O)N3C(=O)C(NC(=O)/C(=N\OCC)c4csc(N)n4)[C@H]3SC2)[n+]1C. The van der Waals surface area contributed by atoms with Crippen LogP contribution in [0.3, 0.4) is 0 Å². The third kappa shape index (κ3) is 5.89. The highest BCUT2D eigenvalue weighted by Gasteiger charge is 2.54. The van der Waals surface area contributed by atoms with Gasteiger partial charge in [-0.1, -0.05) is 10.1 Å². The summed E-state index contributed by atoms with van der Waals surface area (Å²) in [5.41, 5.74) is 12.2. The van der Waals surface area contributed by atoms with Crippen LogP contribution in [0.1, 0.15) is 19.5 Å². The van der Waals surface area contributed by atoms with Gasteiger partial charge in [0.05, 0.1) is 19.7 Å². The van der Waals surface area contributed by atoms with E-state index in [-0.39, 0.29) is 34.6 Å². The van der Waals surface area contributed by atoms with Crippen molar-refractivity contribution in [3.8, 4) is 0 Å². The highest BCUT2D eigenvalue weighted by molar-refractivity contribution is 8.01. The van der Waals surface area contributed by atoms with Crippen LogP contribution in [-0.2, 0) is 26.3 Å². The minimum Gasteiger partial charge on any atom is -0.477 e. The van der Waals surface area contributed by atoms with E-state index < -0.39 is 29.2 Å². The molecule has 208 valence electrons. The first-order valence-electron chi connectivity index (χ1n) is 11.8. The number of nitrogen functional groups attached to an aromatic ring is 2. The van der Waals surface area contributed by atoms with Gasteiger partial charge in [-0.15, -0.1) is 23.1 Å². The fourth-order valence-corrected chi connectivity index (χ4v) is 6.95. The number of aliphatic carboxylic acids is 1. The van der Waals surface area contributed by atoms with Gasteiger partial charge in [0, 0.05) is 16.9 Å². The summed E-state index contributed by atoms with van der Waals surface area (Å²) in [6.45, 7) is 4.58. The molecule has 2 aliphatic heterocycles. The van der Waals surface area contributed by atoms with Crippen molar-refractivity contribution in [1.29, 1.82) is 0 Å². The number of carbonyl (C=O) groups is 3. The third-order valence-corrected chi connectivity index (χ3v) is 8.82. The van der Waals surface area contributed by atoms with E-state index in [9.17, 15) is 19.5 Å². The second kappa shape index (κ2) is 12.1. The molecule has 0 bridgehead atoms. The van der Waals surface area contributed by atoms with Gasteiger partial charge in [0.1, 0.15) is 29.4 Å². The number of hydrogen-bond acceptors (Lipinski definition) is 13. The van der Waals surface area contributed by atoms with Gasteiger partial charge in [0.25, 0.3) is 11.8 Å². The smallest absolute Gasteiger partial charge is 0.352 e. The van der Waals surface area contributed by atoms with Crippen LogP contribution in [0, 0.1) is 0 Å². The molecule has 2 atom stereocenters. The lowest BCUT2D eigenvalue weighted by atomic mass is 10.0. The Hall–Kier alpha value is -3.57. The van der Waals surface area contributed by atoms with Crippen molar-refractivity contribution in [2.24, 2.45) is 12.2 Å². The Kier molecular flexibility index (Phi) is 8.81. The number of β-lactam (4-membered cyclic amide) rings is 1. The molecule has 4 heterocycles. The first-order valence-corrected chi connectivity index (χ1v) is 14.7. The summed E-state index contributed by atoms with van der Waals surface area (Å²) in [4.78, 5) is 53.1. The third-order valence-electron chi connectivity index (χ3n) is 5.69. The highest BCUT2D eigenvalue weighted by Crippen LogP contribution is 2.41. The van der Waals surface area contributed by atoms with Crippen molar-refractivity contribution in [2.75, 3.05) is 41.4 Å². The zero-order valence-electron chi connectivity index (χ0n) is 21.3. The van der Waals surface area contributed by atoms with Gasteiger partial charge < -0.3 is 32.0 Å². The van der Waals surface area contributed by atoms with E-state index in [0.717, 1.165) is 17.2 Å². The van der Waals surface area contributed by atoms with Crippen molar-refractivity contribution in [1.82, 2.24) is 20.2 Å². The lowest BCUT2D eigenvalue weighted by molar-refractivity contribution is -0.699. The number of thioether (sulfide) groups is 2. The summed E-state index contributed by atoms with van der Waals surface area (Å²) >= 11 is 3.82. The predicted molar refractivity (Wildman–Crippen MR) is 149 cm³/mol. The Morgan fingerprint density at radius 1 is 1.36 bits per heavy atom. The van der Waals surface area contributed by atoms with Crippen molar-refractivity contribution >= 4 is 75.1 Å². The van der Waals surface area contributed by atoms with Gasteiger partial charge in [-0.3, -0.25) is 14.5 Å². The number of carboxylic acids is 1. The Balaban J connectivity index is 1.51. The molecule has 1 unspecified atom stereocenters. The number of fused-ring (bicyclic) bond motifs is 1. The van der Waals surface area contributed by atoms with Crippen LogP contribution in [0.5, 0.6) is 0 Å². The second-order valence-electron chi connectivity index (χ2n) is 8.27. The lowest BCUT2D eigenvalue weighted by Gasteiger charge is -2.49. The van der Waals surface area contributed by atoms with Crippen molar-refractivity contribution in [3.63, 3.8) is 0 Å². The molecule has 14 nitrogen and oxygen atoms in total. The van der Waals surface area contributed by atoms with Crippen LogP contribution in [-0.4, -0.2) is 79.5 Å². The van der Waals surface area contributed by atoms with Crippen LogP contribution in [0.2, 0.25) is 0 Å². The molecule has 2 aromatic heterocycles. The Bertz CT molecular complexity index is 1360. The minimum atomic E-state index is -1.22. The Morgan fingerprint density at radius 2 is 2.13 bits per heavy atom. The lowest BCUT2D eigenvalue weighted by Crippen LogP contribution is -2.71. The number of rotatable bonds is 11. The molecular weight excluding hydrogens is 567 g/mol. The highest BCUT2D eigenvalue weighted by atomic mass is 32.2. The molecule has 0 radical (unpaired) electrons. The van der Waals surface area contributed by atoms with E-state index in [0.29, 0.717) is 28.8 Å². The number of carbonyl (C=O) groups excluding carboxylic acids is 2. The first kappa shape index (κ1) is 28.4. The number of nitrogens with one attached hydrogen (secondary N) is 2. The van der Waals surface area contributed by atoms with E-state index in [1.807, 2.05) is 18.5 Å². The van der Waals surface area contributed by atoms with Crippen LogP contribution in [0.15, 0.2) is 33.0 Å². The molecule has 17 heteroatoms. The summed E-state index contributed by atoms with van der Waals surface area (Å²) in [6, 6.07) is 0.780.